The van der Waals surface area contributed by atoms with E-state index in [1.54, 1.807) is 6.07 Å². The van der Waals surface area contributed by atoms with Gasteiger partial charge in [0.2, 0.25) is 0 Å². The molecule has 1 aromatic carbocycles. The second-order valence-electron chi connectivity index (χ2n) is 5.93. The van der Waals surface area contributed by atoms with Crippen LogP contribution in [0, 0.1) is 0 Å². The first kappa shape index (κ1) is 16.3. The summed E-state index contributed by atoms with van der Waals surface area (Å²) in [4.78, 5) is 2.13. The second kappa shape index (κ2) is 5.94. The molecule has 0 bridgehead atoms. The molecule has 1 aliphatic heterocycles. The van der Waals surface area contributed by atoms with Crippen LogP contribution in [0.4, 0.5) is 13.2 Å². The van der Waals surface area contributed by atoms with Crippen LogP contribution in [0.5, 0.6) is 0 Å². The summed E-state index contributed by atoms with van der Waals surface area (Å²) in [6.45, 7) is 6.07. The van der Waals surface area contributed by atoms with E-state index in [1.807, 2.05) is 13.8 Å². The van der Waals surface area contributed by atoms with Crippen LogP contribution in [-0.2, 0) is 10.9 Å². The summed E-state index contributed by atoms with van der Waals surface area (Å²) in [6.07, 6.45) is -4.34. The fraction of sp³-hybridized carbons (Fsp3) is 0.600. The minimum Gasteiger partial charge on any atom is -0.378 e. The molecule has 0 radical (unpaired) electrons. The third-order valence-electron chi connectivity index (χ3n) is 3.91. The van der Waals surface area contributed by atoms with Crippen molar-refractivity contribution in [3.8, 4) is 0 Å². The van der Waals surface area contributed by atoms with Gasteiger partial charge in [0.25, 0.3) is 0 Å². The maximum atomic E-state index is 12.9. The summed E-state index contributed by atoms with van der Waals surface area (Å²) in [5.41, 5.74) is 5.56. The zero-order valence-corrected chi connectivity index (χ0v) is 12.3. The fourth-order valence-corrected chi connectivity index (χ4v) is 2.81. The van der Waals surface area contributed by atoms with Gasteiger partial charge in [-0.25, -0.2) is 0 Å². The molecule has 0 saturated carbocycles. The Hall–Kier alpha value is -1.11. The molecule has 3 nitrogen and oxygen atoms in total. The van der Waals surface area contributed by atoms with Crippen molar-refractivity contribution in [2.45, 2.75) is 31.6 Å². The molecule has 0 amide bonds. The van der Waals surface area contributed by atoms with Gasteiger partial charge in [0.05, 0.1) is 18.8 Å². The predicted octanol–water partition coefficient (Wildman–Crippen LogP) is 2.82. The quantitative estimate of drug-likeness (QED) is 0.933. The lowest BCUT2D eigenvalue weighted by Crippen LogP contribution is -2.55. The van der Waals surface area contributed by atoms with Crippen molar-refractivity contribution < 1.29 is 17.9 Å². The zero-order valence-electron chi connectivity index (χ0n) is 12.3. The average Bonchev–Trinajstić information content (AvgIpc) is 2.41. The van der Waals surface area contributed by atoms with Gasteiger partial charge in [-0.1, -0.05) is 12.1 Å². The molecule has 21 heavy (non-hydrogen) atoms. The van der Waals surface area contributed by atoms with Gasteiger partial charge in [0.1, 0.15) is 0 Å². The Morgan fingerprint density at radius 2 is 2.10 bits per heavy atom. The third-order valence-corrected chi connectivity index (χ3v) is 3.91. The molecule has 0 aromatic heterocycles. The topological polar surface area (TPSA) is 38.5 Å². The van der Waals surface area contributed by atoms with Crippen molar-refractivity contribution >= 4 is 0 Å². The van der Waals surface area contributed by atoms with Crippen molar-refractivity contribution in [3.05, 3.63) is 35.4 Å². The molecule has 0 aliphatic carbocycles. The Morgan fingerprint density at radius 1 is 1.38 bits per heavy atom. The summed E-state index contributed by atoms with van der Waals surface area (Å²) in [6, 6.07) is 5.18. The Balaban J connectivity index is 2.33. The Bertz CT molecular complexity index is 488. The van der Waals surface area contributed by atoms with E-state index in [4.69, 9.17) is 10.5 Å². The highest BCUT2D eigenvalue weighted by molar-refractivity contribution is 5.28. The van der Waals surface area contributed by atoms with Crippen LogP contribution in [0.15, 0.2) is 24.3 Å². The van der Waals surface area contributed by atoms with Crippen molar-refractivity contribution in [3.63, 3.8) is 0 Å². The molecule has 2 rings (SSSR count). The molecule has 1 aromatic rings. The van der Waals surface area contributed by atoms with Gasteiger partial charge in [-0.05, 0) is 31.5 Å². The molecule has 1 unspecified atom stereocenters. The van der Waals surface area contributed by atoms with Crippen LogP contribution in [0.3, 0.4) is 0 Å². The zero-order chi connectivity index (χ0) is 15.7. The monoisotopic (exact) mass is 302 g/mol. The number of nitrogens with zero attached hydrogens (tertiary/aromatic N) is 1. The lowest BCUT2D eigenvalue weighted by molar-refractivity contribution is -0.137. The van der Waals surface area contributed by atoms with E-state index in [0.29, 0.717) is 25.3 Å². The van der Waals surface area contributed by atoms with E-state index in [-0.39, 0.29) is 18.1 Å². The number of hydrogen-bond donors (Lipinski definition) is 1. The lowest BCUT2D eigenvalue weighted by atomic mass is 9.95. The van der Waals surface area contributed by atoms with Gasteiger partial charge in [-0.15, -0.1) is 0 Å². The number of hydrogen-bond acceptors (Lipinski definition) is 3. The molecule has 1 atom stereocenters. The van der Waals surface area contributed by atoms with E-state index in [0.717, 1.165) is 6.07 Å². The van der Waals surface area contributed by atoms with E-state index < -0.39 is 11.7 Å². The molecular weight excluding hydrogens is 281 g/mol. The number of alkyl halides is 3. The standard InChI is InChI=1S/C15H21F3N2O/c1-14(2)10-21-7-6-20(14)13(9-19)11-4-3-5-12(8-11)15(16,17)18/h3-5,8,13H,6-7,9-10,19H2,1-2H3. The normalized spacial score (nSPS) is 21.2. The summed E-state index contributed by atoms with van der Waals surface area (Å²) >= 11 is 0. The SMILES string of the molecule is CC1(C)COCCN1C(CN)c1cccc(C(F)(F)F)c1. The number of benzene rings is 1. The molecule has 1 fully saturated rings. The summed E-state index contributed by atoms with van der Waals surface area (Å²) < 4.78 is 44.1. The molecule has 2 N–H and O–H groups in total. The van der Waals surface area contributed by atoms with E-state index in [1.165, 1.54) is 12.1 Å². The lowest BCUT2D eigenvalue weighted by Gasteiger charge is -2.46. The number of rotatable bonds is 3. The molecule has 118 valence electrons. The number of halogens is 3. The first-order valence-electron chi connectivity index (χ1n) is 6.97. The second-order valence-corrected chi connectivity index (χ2v) is 5.93. The van der Waals surface area contributed by atoms with Gasteiger partial charge in [-0.2, -0.15) is 13.2 Å². The highest BCUT2D eigenvalue weighted by Gasteiger charge is 2.37. The van der Waals surface area contributed by atoms with Gasteiger partial charge in [0.15, 0.2) is 0 Å². The Kier molecular flexibility index (Phi) is 4.60. The van der Waals surface area contributed by atoms with Crippen LogP contribution >= 0.6 is 0 Å². The highest BCUT2D eigenvalue weighted by Crippen LogP contribution is 2.34. The van der Waals surface area contributed by atoms with Crippen LogP contribution in [-0.4, -0.2) is 36.7 Å². The van der Waals surface area contributed by atoms with Gasteiger partial charge < -0.3 is 10.5 Å². The molecule has 1 heterocycles. The van der Waals surface area contributed by atoms with E-state index in [2.05, 4.69) is 4.90 Å². The van der Waals surface area contributed by atoms with Crippen molar-refractivity contribution in [2.24, 2.45) is 5.73 Å². The van der Waals surface area contributed by atoms with Gasteiger partial charge in [0, 0.05) is 24.7 Å². The van der Waals surface area contributed by atoms with Crippen LogP contribution in [0.1, 0.15) is 31.0 Å². The number of nitrogens with two attached hydrogens (primary N) is 1. The van der Waals surface area contributed by atoms with Gasteiger partial charge >= 0.3 is 6.18 Å². The van der Waals surface area contributed by atoms with Crippen molar-refractivity contribution in [2.75, 3.05) is 26.3 Å². The molecule has 0 spiro atoms. The maximum Gasteiger partial charge on any atom is 0.416 e. The summed E-state index contributed by atoms with van der Waals surface area (Å²) in [5, 5.41) is 0. The first-order valence-corrected chi connectivity index (χ1v) is 6.97. The number of ether oxygens (including phenoxy) is 1. The molecular formula is C15H21F3N2O. The third kappa shape index (κ3) is 3.56. The Labute approximate surface area is 122 Å². The van der Waals surface area contributed by atoms with Crippen LogP contribution < -0.4 is 5.73 Å². The van der Waals surface area contributed by atoms with Crippen LogP contribution in [0.25, 0.3) is 0 Å². The summed E-state index contributed by atoms with van der Waals surface area (Å²) in [7, 11) is 0. The highest BCUT2D eigenvalue weighted by atomic mass is 19.4. The van der Waals surface area contributed by atoms with Gasteiger partial charge in [-0.3, -0.25) is 4.90 Å². The largest absolute Gasteiger partial charge is 0.416 e. The molecule has 1 saturated heterocycles. The molecule has 6 heteroatoms. The molecule has 1 aliphatic rings. The Morgan fingerprint density at radius 3 is 2.67 bits per heavy atom. The summed E-state index contributed by atoms with van der Waals surface area (Å²) in [5.74, 6) is 0. The average molecular weight is 302 g/mol. The first-order chi connectivity index (χ1) is 9.75. The smallest absolute Gasteiger partial charge is 0.378 e. The van der Waals surface area contributed by atoms with E-state index >= 15 is 0 Å². The van der Waals surface area contributed by atoms with Crippen molar-refractivity contribution in [1.82, 2.24) is 4.90 Å². The van der Waals surface area contributed by atoms with Crippen LogP contribution in [0.2, 0.25) is 0 Å². The fourth-order valence-electron chi connectivity index (χ4n) is 2.81. The predicted molar refractivity (Wildman–Crippen MR) is 74.8 cm³/mol. The van der Waals surface area contributed by atoms with Crippen molar-refractivity contribution in [1.29, 1.82) is 0 Å². The maximum absolute atomic E-state index is 12.9. The minimum absolute atomic E-state index is 0.244. The minimum atomic E-state index is -4.34. The van der Waals surface area contributed by atoms with E-state index in [9.17, 15) is 13.2 Å². The number of morpholine rings is 1.